The zero-order valence-electron chi connectivity index (χ0n) is 9.89. The molecule has 0 aliphatic carbocycles. The van der Waals surface area contributed by atoms with Crippen molar-refractivity contribution in [3.63, 3.8) is 0 Å². The lowest BCUT2D eigenvalue weighted by molar-refractivity contribution is -0.138. The fourth-order valence-electron chi connectivity index (χ4n) is 1.24. The van der Waals surface area contributed by atoms with Gasteiger partial charge in [-0.3, -0.25) is 9.59 Å². The van der Waals surface area contributed by atoms with Gasteiger partial charge in [0.2, 0.25) is 0 Å². The summed E-state index contributed by atoms with van der Waals surface area (Å²) < 4.78 is 4.66. The number of hydrogen-bond acceptors (Lipinski definition) is 4. The van der Waals surface area contributed by atoms with Gasteiger partial charge >= 0.3 is 11.9 Å². The van der Waals surface area contributed by atoms with Crippen LogP contribution in [0.5, 0.6) is 0 Å². The molecule has 0 fully saturated rings. The van der Waals surface area contributed by atoms with Crippen LogP contribution in [-0.2, 0) is 14.3 Å². The number of Topliss-reactive ketones (excluding diaryl/α,β-unsaturated/α-hetero) is 1. The first-order chi connectivity index (χ1) is 8.50. The van der Waals surface area contributed by atoms with Crippen molar-refractivity contribution >= 4 is 33.7 Å². The van der Waals surface area contributed by atoms with Crippen LogP contribution in [0.4, 0.5) is 0 Å². The molecule has 5 heteroatoms. The summed E-state index contributed by atoms with van der Waals surface area (Å²) in [6, 6.07) is 8.27. The Morgan fingerprint density at radius 2 is 1.83 bits per heavy atom. The minimum absolute atomic E-state index is 0.0219. The van der Waals surface area contributed by atoms with Crippen LogP contribution in [0.25, 0.3) is 0 Å². The quantitative estimate of drug-likeness (QED) is 0.476. The average Bonchev–Trinajstić information content (AvgIpc) is 2.36. The number of carbonyl (C=O) groups is 3. The molecular weight excluding hydrogens is 300 g/mol. The van der Waals surface area contributed by atoms with E-state index in [9.17, 15) is 14.4 Å². The van der Waals surface area contributed by atoms with E-state index in [1.165, 1.54) is 6.92 Å². The maximum atomic E-state index is 11.5. The summed E-state index contributed by atoms with van der Waals surface area (Å²) in [6.45, 7) is 1.43. The van der Waals surface area contributed by atoms with Gasteiger partial charge in [-0.2, -0.15) is 0 Å². The van der Waals surface area contributed by atoms with E-state index in [0.717, 1.165) is 0 Å². The third-order valence-corrected chi connectivity index (χ3v) is 3.36. The maximum absolute atomic E-state index is 11.5. The van der Waals surface area contributed by atoms with Crippen LogP contribution in [0, 0.1) is 0 Å². The first kappa shape index (κ1) is 14.6. The van der Waals surface area contributed by atoms with Crippen LogP contribution in [0.15, 0.2) is 30.3 Å². The van der Waals surface area contributed by atoms with E-state index in [0.29, 0.717) is 12.0 Å². The van der Waals surface area contributed by atoms with Crippen molar-refractivity contribution in [1.82, 2.24) is 0 Å². The van der Waals surface area contributed by atoms with E-state index in [1.54, 1.807) is 30.3 Å². The smallest absolute Gasteiger partial charge is 0.345 e. The van der Waals surface area contributed by atoms with E-state index < -0.39 is 11.9 Å². The van der Waals surface area contributed by atoms with E-state index in [2.05, 4.69) is 20.7 Å². The van der Waals surface area contributed by atoms with Crippen LogP contribution in [0.1, 0.15) is 30.1 Å². The molecule has 0 heterocycles. The predicted octanol–water partition coefficient (Wildman–Crippen LogP) is 2.50. The van der Waals surface area contributed by atoms with Gasteiger partial charge in [-0.05, 0) is 25.5 Å². The topological polar surface area (TPSA) is 60.4 Å². The molecule has 1 unspecified atom stereocenters. The van der Waals surface area contributed by atoms with E-state index in [-0.39, 0.29) is 17.0 Å². The second-order valence-corrected chi connectivity index (χ2v) is 4.85. The Balaban J connectivity index is 2.41. The monoisotopic (exact) mass is 312 g/mol. The Morgan fingerprint density at radius 3 is 2.39 bits per heavy atom. The molecular formula is C13H13BrO4. The second kappa shape index (κ2) is 7.06. The predicted molar refractivity (Wildman–Crippen MR) is 69.5 cm³/mol. The van der Waals surface area contributed by atoms with Crippen molar-refractivity contribution in [2.45, 2.75) is 24.6 Å². The number of halogens is 1. The molecule has 0 aromatic heterocycles. The first-order valence-corrected chi connectivity index (χ1v) is 6.37. The number of alkyl halides is 1. The van der Waals surface area contributed by atoms with Gasteiger partial charge in [0.25, 0.3) is 0 Å². The van der Waals surface area contributed by atoms with Gasteiger partial charge in [0.1, 0.15) is 5.78 Å². The lowest BCUT2D eigenvalue weighted by Gasteiger charge is -2.05. The highest BCUT2D eigenvalue weighted by molar-refractivity contribution is 9.10. The van der Waals surface area contributed by atoms with Crippen molar-refractivity contribution in [2.24, 2.45) is 0 Å². The minimum Gasteiger partial charge on any atom is -0.389 e. The Kier molecular flexibility index (Phi) is 5.71. The fraction of sp³-hybridized carbons (Fsp3) is 0.308. The molecule has 0 aliphatic rings. The minimum atomic E-state index is -0.672. The molecule has 0 N–H and O–H groups in total. The van der Waals surface area contributed by atoms with E-state index in [4.69, 9.17) is 0 Å². The zero-order chi connectivity index (χ0) is 13.5. The summed E-state index contributed by atoms with van der Waals surface area (Å²) in [6.07, 6.45) is 0.338. The third kappa shape index (κ3) is 4.79. The lowest BCUT2D eigenvalue weighted by atomic mass is 10.2. The van der Waals surface area contributed by atoms with Crippen molar-refractivity contribution < 1.29 is 19.1 Å². The molecule has 96 valence electrons. The summed E-state index contributed by atoms with van der Waals surface area (Å²) in [7, 11) is 0. The number of ether oxygens (including phenoxy) is 1. The number of ketones is 1. The highest BCUT2D eigenvalue weighted by Gasteiger charge is 2.16. The highest BCUT2D eigenvalue weighted by Crippen LogP contribution is 2.10. The van der Waals surface area contributed by atoms with Crippen LogP contribution in [0.2, 0.25) is 0 Å². The fourth-order valence-corrected chi connectivity index (χ4v) is 1.46. The maximum Gasteiger partial charge on any atom is 0.345 e. The van der Waals surface area contributed by atoms with Crippen LogP contribution >= 0.6 is 15.9 Å². The molecule has 1 aromatic carbocycles. The molecule has 4 nitrogen and oxygen atoms in total. The molecule has 0 amide bonds. The van der Waals surface area contributed by atoms with Gasteiger partial charge < -0.3 is 4.74 Å². The van der Waals surface area contributed by atoms with Gasteiger partial charge in [0.05, 0.1) is 10.4 Å². The summed E-state index contributed by atoms with van der Waals surface area (Å²) in [4.78, 5) is 33.4. The van der Waals surface area contributed by atoms with Crippen molar-refractivity contribution in [3.8, 4) is 0 Å². The number of rotatable bonds is 5. The van der Waals surface area contributed by atoms with E-state index >= 15 is 0 Å². The molecule has 1 atom stereocenters. The third-order valence-electron chi connectivity index (χ3n) is 2.26. The van der Waals surface area contributed by atoms with Gasteiger partial charge in [-0.25, -0.2) is 4.79 Å². The van der Waals surface area contributed by atoms with Crippen molar-refractivity contribution in [2.75, 3.05) is 0 Å². The van der Waals surface area contributed by atoms with Crippen LogP contribution in [0.3, 0.4) is 0 Å². The van der Waals surface area contributed by atoms with Crippen molar-refractivity contribution in [3.05, 3.63) is 35.9 Å². The SMILES string of the molecule is CC(=O)C(Br)CCC(=O)OC(=O)c1ccccc1. The molecule has 1 aromatic rings. The normalized spacial score (nSPS) is 11.7. The Labute approximate surface area is 113 Å². The van der Waals surface area contributed by atoms with Gasteiger partial charge in [-0.15, -0.1) is 0 Å². The second-order valence-electron chi connectivity index (χ2n) is 3.74. The molecule has 0 saturated heterocycles. The highest BCUT2D eigenvalue weighted by atomic mass is 79.9. The summed E-state index contributed by atoms with van der Waals surface area (Å²) >= 11 is 3.14. The first-order valence-electron chi connectivity index (χ1n) is 5.45. The van der Waals surface area contributed by atoms with Gasteiger partial charge in [-0.1, -0.05) is 34.1 Å². The standard InChI is InChI=1S/C13H13BrO4/c1-9(15)11(14)7-8-12(16)18-13(17)10-5-3-2-4-6-10/h2-6,11H,7-8H2,1H3. The molecule has 0 bridgehead atoms. The number of hydrogen-bond donors (Lipinski definition) is 0. The summed E-state index contributed by atoms with van der Waals surface area (Å²) in [5.74, 6) is -1.36. The summed E-state index contributed by atoms with van der Waals surface area (Å²) in [5, 5.41) is 0. The van der Waals surface area contributed by atoms with Crippen LogP contribution < -0.4 is 0 Å². The lowest BCUT2D eigenvalue weighted by Crippen LogP contribution is -2.16. The molecule has 0 saturated carbocycles. The Morgan fingerprint density at radius 1 is 1.22 bits per heavy atom. The Bertz CT molecular complexity index is 442. The van der Waals surface area contributed by atoms with Crippen LogP contribution in [-0.4, -0.2) is 22.5 Å². The number of carbonyl (C=O) groups excluding carboxylic acids is 3. The molecule has 0 aliphatic heterocycles. The zero-order valence-corrected chi connectivity index (χ0v) is 11.5. The van der Waals surface area contributed by atoms with Gasteiger partial charge in [0, 0.05) is 6.42 Å². The van der Waals surface area contributed by atoms with E-state index in [1.807, 2.05) is 0 Å². The molecule has 1 rings (SSSR count). The molecule has 0 radical (unpaired) electrons. The Hall–Kier alpha value is -1.49. The van der Waals surface area contributed by atoms with Crippen molar-refractivity contribution in [1.29, 1.82) is 0 Å². The molecule has 18 heavy (non-hydrogen) atoms. The van der Waals surface area contributed by atoms with Gasteiger partial charge in [0.15, 0.2) is 0 Å². The average molecular weight is 313 g/mol. The molecule has 0 spiro atoms. The summed E-state index contributed by atoms with van der Waals surface area (Å²) in [5.41, 5.74) is 0.327. The number of benzene rings is 1. The largest absolute Gasteiger partial charge is 0.389 e. The number of esters is 2.